The van der Waals surface area contributed by atoms with Crippen molar-refractivity contribution in [3.63, 3.8) is 0 Å². The molecule has 2 heterocycles. The molecule has 0 amide bonds. The van der Waals surface area contributed by atoms with Gasteiger partial charge in [0.15, 0.2) is 5.65 Å². The third-order valence-electron chi connectivity index (χ3n) is 3.95. The maximum atomic E-state index is 13.5. The standard InChI is InChI=1S/C19H14ClFN4O2/c1-26-16-9-13(21)7-8-15(16)25-17-14(10-22-25)18(24-19(20)23-17)27-11-12-5-3-2-4-6-12/h2-10H,11H2,1H3. The average Bonchev–Trinajstić information content (AvgIpc) is 3.10. The van der Waals surface area contributed by atoms with Crippen molar-refractivity contribution >= 4 is 22.6 Å². The van der Waals surface area contributed by atoms with Gasteiger partial charge in [-0.25, -0.2) is 9.07 Å². The molecule has 6 nitrogen and oxygen atoms in total. The van der Waals surface area contributed by atoms with Gasteiger partial charge in [-0.15, -0.1) is 0 Å². The molecule has 4 aromatic rings. The Hall–Kier alpha value is -3.19. The van der Waals surface area contributed by atoms with E-state index in [9.17, 15) is 4.39 Å². The molecular formula is C19H14ClFN4O2. The van der Waals surface area contributed by atoms with E-state index >= 15 is 0 Å². The molecule has 27 heavy (non-hydrogen) atoms. The molecule has 0 fully saturated rings. The Kier molecular flexibility index (Phi) is 4.60. The summed E-state index contributed by atoms with van der Waals surface area (Å²) in [5.74, 6) is 0.231. The summed E-state index contributed by atoms with van der Waals surface area (Å²) in [7, 11) is 1.46. The number of hydrogen-bond donors (Lipinski definition) is 0. The SMILES string of the molecule is COc1cc(F)ccc1-n1ncc2c(OCc3ccccc3)nc(Cl)nc21. The molecule has 2 aromatic carbocycles. The molecule has 0 radical (unpaired) electrons. The summed E-state index contributed by atoms with van der Waals surface area (Å²) in [6.45, 7) is 0.328. The van der Waals surface area contributed by atoms with Gasteiger partial charge in [0.2, 0.25) is 11.2 Å². The van der Waals surface area contributed by atoms with Crippen molar-refractivity contribution in [3.8, 4) is 17.3 Å². The molecule has 0 aliphatic heterocycles. The molecule has 2 aromatic heterocycles. The highest BCUT2D eigenvalue weighted by Crippen LogP contribution is 2.30. The summed E-state index contributed by atoms with van der Waals surface area (Å²) < 4.78 is 26.1. The second-order valence-corrected chi connectivity index (χ2v) is 6.02. The summed E-state index contributed by atoms with van der Waals surface area (Å²) in [5.41, 5.74) is 1.95. The van der Waals surface area contributed by atoms with Crippen LogP contribution in [-0.2, 0) is 6.61 Å². The smallest absolute Gasteiger partial charge is 0.229 e. The zero-order chi connectivity index (χ0) is 18.8. The van der Waals surface area contributed by atoms with Gasteiger partial charge >= 0.3 is 0 Å². The Morgan fingerprint density at radius 1 is 1.11 bits per heavy atom. The Morgan fingerprint density at radius 3 is 2.70 bits per heavy atom. The number of nitrogens with zero attached hydrogens (tertiary/aromatic N) is 4. The van der Waals surface area contributed by atoms with Crippen molar-refractivity contribution in [1.29, 1.82) is 0 Å². The van der Waals surface area contributed by atoms with E-state index in [1.807, 2.05) is 30.3 Å². The van der Waals surface area contributed by atoms with E-state index in [4.69, 9.17) is 21.1 Å². The normalized spacial score (nSPS) is 10.9. The molecule has 0 aliphatic rings. The fourth-order valence-electron chi connectivity index (χ4n) is 2.70. The number of hydrogen-bond acceptors (Lipinski definition) is 5. The van der Waals surface area contributed by atoms with Crippen LogP contribution in [0.4, 0.5) is 4.39 Å². The molecule has 0 unspecified atom stereocenters. The molecular weight excluding hydrogens is 371 g/mol. The molecule has 136 valence electrons. The molecule has 0 N–H and O–H groups in total. The zero-order valence-corrected chi connectivity index (χ0v) is 15.0. The first-order valence-corrected chi connectivity index (χ1v) is 8.45. The van der Waals surface area contributed by atoms with Crippen LogP contribution in [0.25, 0.3) is 16.7 Å². The first-order chi connectivity index (χ1) is 13.2. The number of benzene rings is 2. The summed E-state index contributed by atoms with van der Waals surface area (Å²) in [4.78, 5) is 8.42. The van der Waals surface area contributed by atoms with Crippen LogP contribution in [-0.4, -0.2) is 26.9 Å². The Morgan fingerprint density at radius 2 is 1.93 bits per heavy atom. The van der Waals surface area contributed by atoms with Gasteiger partial charge < -0.3 is 9.47 Å². The lowest BCUT2D eigenvalue weighted by Crippen LogP contribution is -2.03. The summed E-state index contributed by atoms with van der Waals surface area (Å²) in [6.07, 6.45) is 1.58. The number of aromatic nitrogens is 4. The van der Waals surface area contributed by atoms with E-state index in [0.717, 1.165) is 5.56 Å². The van der Waals surface area contributed by atoms with Gasteiger partial charge in [-0.3, -0.25) is 0 Å². The molecule has 0 saturated heterocycles. The zero-order valence-electron chi connectivity index (χ0n) is 14.3. The van der Waals surface area contributed by atoms with Crippen molar-refractivity contribution in [2.24, 2.45) is 0 Å². The Labute approximate surface area is 159 Å². The minimum Gasteiger partial charge on any atom is -0.494 e. The maximum Gasteiger partial charge on any atom is 0.229 e. The molecule has 0 saturated carbocycles. The average molecular weight is 385 g/mol. The number of ether oxygens (including phenoxy) is 2. The number of halogens is 2. The van der Waals surface area contributed by atoms with Crippen LogP contribution >= 0.6 is 11.6 Å². The third kappa shape index (κ3) is 3.41. The van der Waals surface area contributed by atoms with Crippen LogP contribution in [0, 0.1) is 5.82 Å². The maximum absolute atomic E-state index is 13.5. The highest BCUT2D eigenvalue weighted by atomic mass is 35.5. The van der Waals surface area contributed by atoms with Gasteiger partial charge in [-0.2, -0.15) is 15.1 Å². The van der Waals surface area contributed by atoms with E-state index in [2.05, 4.69) is 15.1 Å². The predicted octanol–water partition coefficient (Wildman–Crippen LogP) is 4.20. The summed E-state index contributed by atoms with van der Waals surface area (Å²) in [6, 6.07) is 13.9. The van der Waals surface area contributed by atoms with Crippen LogP contribution in [0.15, 0.2) is 54.7 Å². The van der Waals surface area contributed by atoms with Crippen LogP contribution < -0.4 is 9.47 Å². The molecule has 0 atom stereocenters. The van der Waals surface area contributed by atoms with Crippen LogP contribution in [0.5, 0.6) is 11.6 Å². The predicted molar refractivity (Wildman–Crippen MR) is 99.0 cm³/mol. The van der Waals surface area contributed by atoms with Crippen molar-refractivity contribution in [1.82, 2.24) is 19.7 Å². The topological polar surface area (TPSA) is 62.1 Å². The van der Waals surface area contributed by atoms with Crippen LogP contribution in [0.1, 0.15) is 5.56 Å². The second kappa shape index (κ2) is 7.20. The summed E-state index contributed by atoms with van der Waals surface area (Å²) >= 11 is 6.09. The fraction of sp³-hybridized carbons (Fsp3) is 0.105. The quantitative estimate of drug-likeness (QED) is 0.483. The molecule has 0 aliphatic carbocycles. The van der Waals surface area contributed by atoms with Crippen molar-refractivity contribution < 1.29 is 13.9 Å². The summed E-state index contributed by atoms with van der Waals surface area (Å²) in [5, 5.41) is 4.94. The molecule has 4 rings (SSSR count). The minimum atomic E-state index is -0.411. The first-order valence-electron chi connectivity index (χ1n) is 8.07. The number of fused-ring (bicyclic) bond motifs is 1. The van der Waals surface area contributed by atoms with Crippen molar-refractivity contribution in [3.05, 3.63) is 71.4 Å². The monoisotopic (exact) mass is 384 g/mol. The van der Waals surface area contributed by atoms with Gasteiger partial charge in [0.25, 0.3) is 0 Å². The lowest BCUT2D eigenvalue weighted by atomic mass is 10.2. The third-order valence-corrected chi connectivity index (χ3v) is 4.12. The lowest BCUT2D eigenvalue weighted by molar-refractivity contribution is 0.297. The first kappa shape index (κ1) is 17.2. The van der Waals surface area contributed by atoms with Crippen LogP contribution in [0.3, 0.4) is 0 Å². The van der Waals surface area contributed by atoms with Gasteiger partial charge in [-0.05, 0) is 29.3 Å². The van der Waals surface area contributed by atoms with Crippen molar-refractivity contribution in [2.45, 2.75) is 6.61 Å². The molecule has 8 heteroatoms. The molecule has 0 bridgehead atoms. The van der Waals surface area contributed by atoms with Gasteiger partial charge in [-0.1, -0.05) is 30.3 Å². The van der Waals surface area contributed by atoms with E-state index < -0.39 is 5.82 Å². The van der Waals surface area contributed by atoms with Gasteiger partial charge in [0.05, 0.1) is 13.3 Å². The van der Waals surface area contributed by atoms with Gasteiger partial charge in [0.1, 0.15) is 29.2 Å². The largest absolute Gasteiger partial charge is 0.494 e. The van der Waals surface area contributed by atoms with E-state index in [0.29, 0.717) is 35.0 Å². The van der Waals surface area contributed by atoms with E-state index in [1.54, 1.807) is 12.3 Å². The Balaban J connectivity index is 1.76. The number of rotatable bonds is 5. The Bertz CT molecular complexity index is 1100. The van der Waals surface area contributed by atoms with Crippen LogP contribution in [0.2, 0.25) is 5.28 Å². The highest BCUT2D eigenvalue weighted by Gasteiger charge is 2.17. The number of methoxy groups -OCH3 is 1. The lowest BCUT2D eigenvalue weighted by Gasteiger charge is -2.10. The second-order valence-electron chi connectivity index (χ2n) is 5.68. The minimum absolute atomic E-state index is 0.0217. The molecule has 0 spiro atoms. The van der Waals surface area contributed by atoms with Crippen molar-refractivity contribution in [2.75, 3.05) is 7.11 Å². The highest BCUT2D eigenvalue weighted by molar-refractivity contribution is 6.28. The van der Waals surface area contributed by atoms with E-state index in [1.165, 1.54) is 23.9 Å². The van der Waals surface area contributed by atoms with E-state index in [-0.39, 0.29) is 5.28 Å². The fourth-order valence-corrected chi connectivity index (χ4v) is 2.85. The van der Waals surface area contributed by atoms with Gasteiger partial charge in [0, 0.05) is 6.07 Å².